The van der Waals surface area contributed by atoms with E-state index in [2.05, 4.69) is 6.92 Å². The first-order chi connectivity index (χ1) is 15.1. The number of ether oxygens (including phenoxy) is 2. The molecule has 0 aromatic heterocycles. The van der Waals surface area contributed by atoms with Crippen LogP contribution in [-0.4, -0.2) is 29.9 Å². The van der Waals surface area contributed by atoms with E-state index in [9.17, 15) is 9.90 Å². The molecule has 0 saturated heterocycles. The number of hydrogen-bond donors (Lipinski definition) is 1. The van der Waals surface area contributed by atoms with Crippen molar-refractivity contribution in [3.8, 4) is 5.75 Å². The predicted molar refractivity (Wildman–Crippen MR) is 129 cm³/mol. The molecule has 0 radical (unpaired) electrons. The van der Waals surface area contributed by atoms with Gasteiger partial charge in [0.2, 0.25) is 0 Å². The normalized spacial score (nSPS) is 13.1. The molecule has 0 heterocycles. The van der Waals surface area contributed by atoms with E-state index >= 15 is 0 Å². The van der Waals surface area contributed by atoms with E-state index in [1.165, 1.54) is 70.6 Å². The van der Waals surface area contributed by atoms with Crippen molar-refractivity contribution in [2.45, 2.75) is 116 Å². The van der Waals surface area contributed by atoms with Gasteiger partial charge >= 0.3 is 5.97 Å². The lowest BCUT2D eigenvalue weighted by Crippen LogP contribution is -2.43. The summed E-state index contributed by atoms with van der Waals surface area (Å²) in [6, 6.07) is 9.53. The van der Waals surface area contributed by atoms with E-state index in [-0.39, 0.29) is 0 Å². The minimum atomic E-state index is -1.14. The Morgan fingerprint density at radius 2 is 1.29 bits per heavy atom. The zero-order valence-electron chi connectivity index (χ0n) is 20.1. The fourth-order valence-electron chi connectivity index (χ4n) is 4.10. The third kappa shape index (κ3) is 12.8. The molecule has 0 fully saturated rings. The van der Waals surface area contributed by atoms with Gasteiger partial charge in [-0.25, -0.2) is 4.79 Å². The number of carboxylic acids is 1. The number of carbonyl (C=O) groups is 1. The van der Waals surface area contributed by atoms with E-state index in [1.54, 1.807) is 0 Å². The zero-order valence-corrected chi connectivity index (χ0v) is 20.1. The van der Waals surface area contributed by atoms with E-state index in [0.717, 1.165) is 18.6 Å². The summed E-state index contributed by atoms with van der Waals surface area (Å²) >= 11 is 0. The molecule has 0 aliphatic carbocycles. The number of hydrogen-bond acceptors (Lipinski definition) is 3. The summed E-state index contributed by atoms with van der Waals surface area (Å²) in [6.07, 6.45) is 17.6. The lowest BCUT2D eigenvalue weighted by molar-refractivity contribution is -0.168. The van der Waals surface area contributed by atoms with Crippen molar-refractivity contribution in [1.29, 1.82) is 0 Å². The van der Waals surface area contributed by atoms with Gasteiger partial charge in [0.05, 0.1) is 6.61 Å². The van der Waals surface area contributed by atoms with Crippen LogP contribution in [0.25, 0.3) is 0 Å². The third-order valence-electron chi connectivity index (χ3n) is 6.01. The van der Waals surface area contributed by atoms with Crippen molar-refractivity contribution < 1.29 is 19.4 Å². The summed E-state index contributed by atoms with van der Waals surface area (Å²) in [4.78, 5) is 12.0. The van der Waals surface area contributed by atoms with Gasteiger partial charge in [0.15, 0.2) is 5.60 Å². The average Bonchev–Trinajstić information content (AvgIpc) is 2.77. The Morgan fingerprint density at radius 1 is 0.774 bits per heavy atom. The third-order valence-corrected chi connectivity index (χ3v) is 6.01. The second kappa shape index (κ2) is 18.1. The Balaban J connectivity index is 2.19. The average molecular weight is 435 g/mol. The monoisotopic (exact) mass is 434 g/mol. The van der Waals surface area contributed by atoms with Crippen LogP contribution in [0.3, 0.4) is 0 Å². The molecule has 4 nitrogen and oxygen atoms in total. The van der Waals surface area contributed by atoms with Gasteiger partial charge in [0.25, 0.3) is 0 Å². The van der Waals surface area contributed by atoms with Crippen molar-refractivity contribution in [2.75, 3.05) is 13.2 Å². The largest absolute Gasteiger partial charge is 0.493 e. The van der Waals surface area contributed by atoms with Crippen LogP contribution in [0.2, 0.25) is 0 Å². The van der Waals surface area contributed by atoms with Crippen LogP contribution in [0.1, 0.15) is 110 Å². The number of carboxylic acid groups (broad SMARTS) is 1. The van der Waals surface area contributed by atoms with Crippen LogP contribution in [0.15, 0.2) is 30.3 Å². The second-order valence-electron chi connectivity index (χ2n) is 8.64. The molecule has 1 atom stereocenters. The highest BCUT2D eigenvalue weighted by molar-refractivity contribution is 5.77. The minimum absolute atomic E-state index is 0.342. The molecule has 0 aliphatic rings. The van der Waals surface area contributed by atoms with Crippen molar-refractivity contribution in [2.24, 2.45) is 0 Å². The van der Waals surface area contributed by atoms with Crippen molar-refractivity contribution in [1.82, 2.24) is 0 Å². The molecule has 1 unspecified atom stereocenters. The first kappa shape index (κ1) is 27.5. The minimum Gasteiger partial charge on any atom is -0.493 e. The topological polar surface area (TPSA) is 55.8 Å². The van der Waals surface area contributed by atoms with Crippen LogP contribution in [0.5, 0.6) is 5.75 Å². The summed E-state index contributed by atoms with van der Waals surface area (Å²) in [5.74, 6) is -0.107. The Bertz CT molecular complexity index is 545. The molecule has 1 aromatic carbocycles. The number of aliphatic carboxylic acids is 1. The first-order valence-corrected chi connectivity index (χ1v) is 12.7. The van der Waals surface area contributed by atoms with Gasteiger partial charge in [0.1, 0.15) is 5.75 Å². The SMILES string of the molecule is CCCCCCCCCCCCCCCC(CCOc1ccccc1)(OCC)C(=O)O. The van der Waals surface area contributed by atoms with E-state index in [4.69, 9.17) is 9.47 Å². The molecule has 1 aromatic rings. The molecule has 1 N–H and O–H groups in total. The predicted octanol–water partition coefficient (Wildman–Crippen LogP) is 7.80. The highest BCUT2D eigenvalue weighted by Crippen LogP contribution is 2.26. The molecule has 0 saturated carbocycles. The number of rotatable bonds is 21. The van der Waals surface area contributed by atoms with Crippen LogP contribution in [-0.2, 0) is 9.53 Å². The number of unbranched alkanes of at least 4 members (excludes halogenated alkanes) is 12. The molecule has 0 bridgehead atoms. The van der Waals surface area contributed by atoms with E-state index in [1.807, 2.05) is 37.3 Å². The maximum Gasteiger partial charge on any atom is 0.336 e. The molecule has 1 rings (SSSR count). The number of para-hydroxylation sites is 1. The fourth-order valence-corrected chi connectivity index (χ4v) is 4.10. The molecular formula is C27H46O4. The summed E-state index contributed by atoms with van der Waals surface area (Å²) in [7, 11) is 0. The molecule has 0 spiro atoms. The standard InChI is InChI=1S/C27H46O4/c1-3-5-6-7-8-9-10-11-12-13-14-15-19-22-27(26(28)29,31-4-2)23-24-30-25-20-17-16-18-21-25/h16-18,20-21H,3-15,19,22-24H2,1-2H3,(H,28,29). The molecule has 31 heavy (non-hydrogen) atoms. The first-order valence-electron chi connectivity index (χ1n) is 12.7. The van der Waals surface area contributed by atoms with Gasteiger partial charge in [-0.2, -0.15) is 0 Å². The van der Waals surface area contributed by atoms with Crippen molar-refractivity contribution in [3.63, 3.8) is 0 Å². The molecule has 0 amide bonds. The van der Waals surface area contributed by atoms with Crippen LogP contribution >= 0.6 is 0 Å². The highest BCUT2D eigenvalue weighted by Gasteiger charge is 2.38. The van der Waals surface area contributed by atoms with Gasteiger partial charge in [-0.15, -0.1) is 0 Å². The maximum absolute atomic E-state index is 12.0. The van der Waals surface area contributed by atoms with Gasteiger partial charge in [-0.05, 0) is 31.9 Å². The molecule has 178 valence electrons. The van der Waals surface area contributed by atoms with Crippen molar-refractivity contribution in [3.05, 3.63) is 30.3 Å². The van der Waals surface area contributed by atoms with Gasteiger partial charge in [-0.1, -0.05) is 102 Å². The molecule has 4 heteroatoms. The Labute approximate surface area is 190 Å². The summed E-state index contributed by atoms with van der Waals surface area (Å²) in [5.41, 5.74) is -1.14. The van der Waals surface area contributed by atoms with Gasteiger partial charge < -0.3 is 14.6 Å². The summed E-state index contributed by atoms with van der Waals surface area (Å²) in [5, 5.41) is 9.86. The summed E-state index contributed by atoms with van der Waals surface area (Å²) < 4.78 is 11.5. The molecule has 0 aliphatic heterocycles. The Hall–Kier alpha value is -1.55. The highest BCUT2D eigenvalue weighted by atomic mass is 16.5. The Kier molecular flexibility index (Phi) is 16.0. The van der Waals surface area contributed by atoms with Crippen LogP contribution in [0, 0.1) is 0 Å². The van der Waals surface area contributed by atoms with E-state index in [0.29, 0.717) is 26.1 Å². The van der Waals surface area contributed by atoms with E-state index < -0.39 is 11.6 Å². The quantitative estimate of drug-likeness (QED) is 0.201. The molecular weight excluding hydrogens is 388 g/mol. The van der Waals surface area contributed by atoms with Crippen LogP contribution in [0.4, 0.5) is 0 Å². The fraction of sp³-hybridized carbons (Fsp3) is 0.741. The van der Waals surface area contributed by atoms with Crippen LogP contribution < -0.4 is 4.74 Å². The maximum atomic E-state index is 12.0. The number of benzene rings is 1. The van der Waals surface area contributed by atoms with Gasteiger partial charge in [0, 0.05) is 13.0 Å². The summed E-state index contributed by atoms with van der Waals surface area (Å²) in [6.45, 7) is 4.86. The second-order valence-corrected chi connectivity index (χ2v) is 8.64. The lowest BCUT2D eigenvalue weighted by atomic mass is 9.92. The smallest absolute Gasteiger partial charge is 0.336 e. The van der Waals surface area contributed by atoms with Gasteiger partial charge in [-0.3, -0.25) is 0 Å². The van der Waals surface area contributed by atoms with Crippen molar-refractivity contribution >= 4 is 5.97 Å². The lowest BCUT2D eigenvalue weighted by Gasteiger charge is -2.29. The Morgan fingerprint density at radius 3 is 1.77 bits per heavy atom. The zero-order chi connectivity index (χ0) is 22.6.